The van der Waals surface area contributed by atoms with Crippen molar-refractivity contribution in [1.29, 1.82) is 0 Å². The van der Waals surface area contributed by atoms with Gasteiger partial charge in [0, 0.05) is 17.8 Å². The van der Waals surface area contributed by atoms with Crippen molar-refractivity contribution < 1.29 is 13.9 Å². The molecule has 3 nitrogen and oxygen atoms in total. The van der Waals surface area contributed by atoms with Crippen LogP contribution in [0.15, 0.2) is 35.9 Å². The Hall–Kier alpha value is -1.84. The molecule has 0 atom stereocenters. The molecule has 1 aromatic rings. The van der Waals surface area contributed by atoms with E-state index >= 15 is 0 Å². The van der Waals surface area contributed by atoms with Crippen molar-refractivity contribution in [3.05, 3.63) is 41.7 Å². The molecule has 0 spiro atoms. The number of halogens is 1. The van der Waals surface area contributed by atoms with Crippen LogP contribution in [0.5, 0.6) is 0 Å². The number of rotatable bonds is 4. The fraction of sp³-hybridized carbons (Fsp3) is 0.250. The van der Waals surface area contributed by atoms with Gasteiger partial charge in [-0.2, -0.15) is 0 Å². The number of methoxy groups -OCH3 is 1. The number of carbonyl (C=O) groups is 1. The lowest BCUT2D eigenvalue weighted by Gasteiger charge is -2.04. The summed E-state index contributed by atoms with van der Waals surface area (Å²) in [6.07, 6.45) is 1.69. The molecule has 0 saturated carbocycles. The van der Waals surface area contributed by atoms with E-state index in [-0.39, 0.29) is 11.8 Å². The van der Waals surface area contributed by atoms with Gasteiger partial charge in [0.2, 0.25) is 0 Å². The highest BCUT2D eigenvalue weighted by atomic mass is 19.1. The van der Waals surface area contributed by atoms with Crippen molar-refractivity contribution in [2.24, 2.45) is 0 Å². The van der Waals surface area contributed by atoms with Crippen LogP contribution in [-0.2, 0) is 9.53 Å². The summed E-state index contributed by atoms with van der Waals surface area (Å²) in [4.78, 5) is 11.0. The van der Waals surface area contributed by atoms with Crippen LogP contribution in [0.3, 0.4) is 0 Å². The fourth-order valence-electron chi connectivity index (χ4n) is 1.16. The van der Waals surface area contributed by atoms with Gasteiger partial charge in [-0.25, -0.2) is 9.18 Å². The van der Waals surface area contributed by atoms with Crippen LogP contribution in [0.1, 0.15) is 6.92 Å². The summed E-state index contributed by atoms with van der Waals surface area (Å²) in [5.74, 6) is -0.653. The summed E-state index contributed by atoms with van der Waals surface area (Å²) in [6, 6.07) is 6.14. The molecule has 86 valence electrons. The van der Waals surface area contributed by atoms with Crippen LogP contribution >= 0.6 is 0 Å². The molecule has 1 rings (SSSR count). The van der Waals surface area contributed by atoms with E-state index in [1.807, 2.05) is 0 Å². The molecule has 1 N–H and O–H groups in total. The third-order valence-electron chi connectivity index (χ3n) is 2.05. The first kappa shape index (κ1) is 12.2. The Bertz CT molecular complexity index is 402. The minimum atomic E-state index is -0.360. The number of hydrogen-bond donors (Lipinski definition) is 1. The highest BCUT2D eigenvalue weighted by Crippen LogP contribution is 2.08. The Kier molecular flexibility index (Phi) is 4.51. The SMILES string of the molecule is COC(=O)/C(C)=C/CNc1cccc(F)c1. The van der Waals surface area contributed by atoms with Crippen LogP contribution in [0.4, 0.5) is 10.1 Å². The van der Waals surface area contributed by atoms with Crippen LogP contribution < -0.4 is 5.32 Å². The van der Waals surface area contributed by atoms with Crippen LogP contribution in [0.25, 0.3) is 0 Å². The molecule has 16 heavy (non-hydrogen) atoms. The van der Waals surface area contributed by atoms with Crippen molar-refractivity contribution in [2.45, 2.75) is 6.92 Å². The molecule has 0 saturated heterocycles. The van der Waals surface area contributed by atoms with E-state index in [4.69, 9.17) is 0 Å². The molecule has 1 aromatic carbocycles. The maximum atomic E-state index is 12.8. The van der Waals surface area contributed by atoms with E-state index in [1.54, 1.807) is 25.1 Å². The first-order chi connectivity index (χ1) is 7.63. The standard InChI is InChI=1S/C12H14FNO2/c1-9(12(15)16-2)6-7-14-11-5-3-4-10(13)8-11/h3-6,8,14H,7H2,1-2H3/b9-6+. The van der Waals surface area contributed by atoms with Gasteiger partial charge in [-0.1, -0.05) is 12.1 Å². The molecule has 0 aliphatic carbocycles. The predicted molar refractivity (Wildman–Crippen MR) is 60.7 cm³/mol. The number of anilines is 1. The van der Waals surface area contributed by atoms with Gasteiger partial charge >= 0.3 is 5.97 Å². The summed E-state index contributed by atoms with van der Waals surface area (Å²) in [5, 5.41) is 2.97. The summed E-state index contributed by atoms with van der Waals surface area (Å²) < 4.78 is 17.3. The summed E-state index contributed by atoms with van der Waals surface area (Å²) >= 11 is 0. The summed E-state index contributed by atoms with van der Waals surface area (Å²) in [7, 11) is 1.33. The molecular weight excluding hydrogens is 209 g/mol. The summed E-state index contributed by atoms with van der Waals surface area (Å²) in [6.45, 7) is 2.11. The molecule has 0 heterocycles. The molecule has 0 aromatic heterocycles. The maximum Gasteiger partial charge on any atom is 0.333 e. The first-order valence-electron chi connectivity index (χ1n) is 4.88. The van der Waals surface area contributed by atoms with E-state index in [0.717, 1.165) is 0 Å². The normalized spacial score (nSPS) is 11.1. The van der Waals surface area contributed by atoms with Crippen molar-refractivity contribution >= 4 is 11.7 Å². The third kappa shape index (κ3) is 3.73. The Morgan fingerprint density at radius 1 is 1.56 bits per heavy atom. The van der Waals surface area contributed by atoms with Crippen molar-refractivity contribution in [1.82, 2.24) is 0 Å². The Morgan fingerprint density at radius 2 is 2.31 bits per heavy atom. The molecule has 4 heteroatoms. The van der Waals surface area contributed by atoms with Gasteiger partial charge in [-0.05, 0) is 25.1 Å². The second kappa shape index (κ2) is 5.90. The van der Waals surface area contributed by atoms with Crippen LogP contribution in [-0.4, -0.2) is 19.6 Å². The Balaban J connectivity index is 2.50. The van der Waals surface area contributed by atoms with Crippen LogP contribution in [0.2, 0.25) is 0 Å². The molecule has 0 aliphatic rings. The lowest BCUT2D eigenvalue weighted by atomic mass is 10.2. The van der Waals surface area contributed by atoms with Gasteiger partial charge in [0.1, 0.15) is 5.82 Å². The third-order valence-corrected chi connectivity index (χ3v) is 2.05. The van der Waals surface area contributed by atoms with E-state index < -0.39 is 0 Å². The topological polar surface area (TPSA) is 38.3 Å². The van der Waals surface area contributed by atoms with Gasteiger partial charge in [0.15, 0.2) is 0 Å². The molecule has 0 fully saturated rings. The predicted octanol–water partition coefficient (Wildman–Crippen LogP) is 2.36. The highest BCUT2D eigenvalue weighted by molar-refractivity contribution is 5.87. The number of esters is 1. The minimum absolute atomic E-state index is 0.293. The van der Waals surface area contributed by atoms with Gasteiger partial charge in [-0.15, -0.1) is 0 Å². The number of hydrogen-bond acceptors (Lipinski definition) is 3. The second-order valence-electron chi connectivity index (χ2n) is 3.27. The highest BCUT2D eigenvalue weighted by Gasteiger charge is 2.01. The summed E-state index contributed by atoms with van der Waals surface area (Å²) in [5.41, 5.74) is 1.19. The van der Waals surface area contributed by atoms with E-state index in [2.05, 4.69) is 10.1 Å². The molecule has 0 bridgehead atoms. The molecule has 0 unspecified atom stereocenters. The zero-order valence-electron chi connectivity index (χ0n) is 9.29. The van der Waals surface area contributed by atoms with Crippen LogP contribution in [0, 0.1) is 5.82 Å². The van der Waals surface area contributed by atoms with Crippen molar-refractivity contribution in [2.75, 3.05) is 19.0 Å². The van der Waals surface area contributed by atoms with Gasteiger partial charge in [0.05, 0.1) is 7.11 Å². The fourth-order valence-corrected chi connectivity index (χ4v) is 1.16. The Labute approximate surface area is 93.9 Å². The second-order valence-corrected chi connectivity index (χ2v) is 3.27. The van der Waals surface area contributed by atoms with Crippen molar-refractivity contribution in [3.63, 3.8) is 0 Å². The number of nitrogens with one attached hydrogen (secondary N) is 1. The molecule has 0 aliphatic heterocycles. The number of benzene rings is 1. The Morgan fingerprint density at radius 3 is 2.94 bits per heavy atom. The minimum Gasteiger partial charge on any atom is -0.466 e. The average molecular weight is 223 g/mol. The lowest BCUT2D eigenvalue weighted by molar-refractivity contribution is -0.136. The quantitative estimate of drug-likeness (QED) is 0.629. The molecule has 0 amide bonds. The monoisotopic (exact) mass is 223 g/mol. The van der Waals surface area contributed by atoms with Gasteiger partial charge in [-0.3, -0.25) is 0 Å². The average Bonchev–Trinajstić information content (AvgIpc) is 2.28. The smallest absolute Gasteiger partial charge is 0.333 e. The van der Waals surface area contributed by atoms with E-state index in [1.165, 1.54) is 19.2 Å². The van der Waals surface area contributed by atoms with E-state index in [9.17, 15) is 9.18 Å². The lowest BCUT2D eigenvalue weighted by Crippen LogP contribution is -2.05. The van der Waals surface area contributed by atoms with Gasteiger partial charge in [0.25, 0.3) is 0 Å². The number of ether oxygens (including phenoxy) is 1. The number of carbonyl (C=O) groups excluding carboxylic acids is 1. The van der Waals surface area contributed by atoms with E-state index in [0.29, 0.717) is 17.8 Å². The molecule has 0 radical (unpaired) electrons. The molecular formula is C12H14FNO2. The zero-order valence-corrected chi connectivity index (χ0v) is 9.29. The van der Waals surface area contributed by atoms with Crippen molar-refractivity contribution in [3.8, 4) is 0 Å². The zero-order chi connectivity index (χ0) is 12.0. The first-order valence-corrected chi connectivity index (χ1v) is 4.88. The largest absolute Gasteiger partial charge is 0.466 e. The van der Waals surface area contributed by atoms with Gasteiger partial charge < -0.3 is 10.1 Å². The maximum absolute atomic E-state index is 12.8.